The van der Waals surface area contributed by atoms with E-state index < -0.39 is 5.60 Å². The van der Waals surface area contributed by atoms with Crippen molar-refractivity contribution in [1.82, 2.24) is 0 Å². The van der Waals surface area contributed by atoms with E-state index >= 15 is 0 Å². The minimum atomic E-state index is -0.762. The van der Waals surface area contributed by atoms with Crippen molar-refractivity contribution >= 4 is 0 Å². The van der Waals surface area contributed by atoms with Gasteiger partial charge in [0.2, 0.25) is 0 Å². The Balaban J connectivity index is 2.34. The summed E-state index contributed by atoms with van der Waals surface area (Å²) < 4.78 is 13.2. The smallest absolute Gasteiger partial charge is 0.126 e. The molecule has 1 saturated carbocycles. The topological polar surface area (TPSA) is 20.2 Å². The summed E-state index contributed by atoms with van der Waals surface area (Å²) in [7, 11) is 0. The summed E-state index contributed by atoms with van der Waals surface area (Å²) in [6.45, 7) is 6.07. The van der Waals surface area contributed by atoms with Crippen molar-refractivity contribution in [2.75, 3.05) is 0 Å². The van der Waals surface area contributed by atoms with Crippen LogP contribution in [0.4, 0.5) is 4.39 Å². The van der Waals surface area contributed by atoms with Crippen LogP contribution in [0.5, 0.6) is 0 Å². The van der Waals surface area contributed by atoms with Gasteiger partial charge >= 0.3 is 0 Å². The predicted octanol–water partition coefficient (Wildman–Crippen LogP) is 3.53. The van der Waals surface area contributed by atoms with Crippen LogP contribution in [-0.4, -0.2) is 5.11 Å². The molecule has 0 aliphatic heterocycles. The molecule has 0 aromatic heterocycles. The molecule has 2 heteroatoms. The first-order valence-electron chi connectivity index (χ1n) is 5.81. The third-order valence-electron chi connectivity index (χ3n) is 3.68. The summed E-state index contributed by atoms with van der Waals surface area (Å²) in [5.74, 6) is -0.204. The van der Waals surface area contributed by atoms with E-state index in [1.165, 1.54) is 6.07 Å². The zero-order valence-electron chi connectivity index (χ0n) is 10.2. The minimum Gasteiger partial charge on any atom is -0.385 e. The van der Waals surface area contributed by atoms with E-state index in [9.17, 15) is 9.50 Å². The lowest BCUT2D eigenvalue weighted by molar-refractivity contribution is 0.0337. The van der Waals surface area contributed by atoms with Crippen molar-refractivity contribution in [3.8, 4) is 0 Å². The Hall–Kier alpha value is -0.890. The van der Waals surface area contributed by atoms with E-state index in [1.807, 2.05) is 0 Å². The highest BCUT2D eigenvalue weighted by Gasteiger charge is 2.42. The second kappa shape index (κ2) is 3.56. The van der Waals surface area contributed by atoms with E-state index in [0.29, 0.717) is 5.56 Å². The van der Waals surface area contributed by atoms with Crippen LogP contribution in [0.25, 0.3) is 0 Å². The molecule has 0 amide bonds. The summed E-state index contributed by atoms with van der Waals surface area (Å²) in [6.07, 6.45) is 2.54. The fraction of sp³-hybridized carbons (Fsp3) is 0.571. The first kappa shape index (κ1) is 11.6. The van der Waals surface area contributed by atoms with Crippen LogP contribution >= 0.6 is 0 Å². The highest BCUT2D eigenvalue weighted by atomic mass is 19.1. The van der Waals surface area contributed by atoms with Gasteiger partial charge in [-0.3, -0.25) is 0 Å². The molecule has 0 radical (unpaired) electrons. The monoisotopic (exact) mass is 222 g/mol. The van der Waals surface area contributed by atoms with Gasteiger partial charge in [-0.15, -0.1) is 0 Å². The van der Waals surface area contributed by atoms with Gasteiger partial charge in [-0.25, -0.2) is 4.39 Å². The summed E-state index contributed by atoms with van der Waals surface area (Å²) >= 11 is 0. The number of aryl methyl sites for hydroxylation is 1. The van der Waals surface area contributed by atoms with Crippen molar-refractivity contribution in [1.29, 1.82) is 0 Å². The molecule has 0 saturated heterocycles. The molecule has 1 unspecified atom stereocenters. The summed E-state index contributed by atoms with van der Waals surface area (Å²) in [6, 6.07) is 4.94. The predicted molar refractivity (Wildman–Crippen MR) is 62.7 cm³/mol. The lowest BCUT2D eigenvalue weighted by atomic mass is 9.85. The van der Waals surface area contributed by atoms with Crippen molar-refractivity contribution in [2.24, 2.45) is 5.41 Å². The van der Waals surface area contributed by atoms with Crippen LogP contribution in [0.1, 0.15) is 44.2 Å². The maximum atomic E-state index is 13.2. The number of benzene rings is 1. The molecule has 0 heterocycles. The Kier molecular flexibility index (Phi) is 2.58. The van der Waals surface area contributed by atoms with Gasteiger partial charge in [0.25, 0.3) is 0 Å². The average molecular weight is 222 g/mol. The zero-order chi connectivity index (χ0) is 12.0. The third-order valence-corrected chi connectivity index (χ3v) is 3.68. The summed E-state index contributed by atoms with van der Waals surface area (Å²) in [4.78, 5) is 0. The van der Waals surface area contributed by atoms with Gasteiger partial charge < -0.3 is 5.11 Å². The van der Waals surface area contributed by atoms with Gasteiger partial charge in [0, 0.05) is 0 Å². The van der Waals surface area contributed by atoms with Gasteiger partial charge in [0.15, 0.2) is 0 Å². The Morgan fingerprint density at radius 3 is 2.44 bits per heavy atom. The number of hydrogen-bond donors (Lipinski definition) is 1. The Bertz CT molecular complexity index is 411. The second-order valence-corrected chi connectivity index (χ2v) is 5.84. The van der Waals surface area contributed by atoms with Gasteiger partial charge in [-0.1, -0.05) is 26.0 Å². The Morgan fingerprint density at radius 2 is 1.94 bits per heavy atom. The second-order valence-electron chi connectivity index (χ2n) is 5.84. The van der Waals surface area contributed by atoms with Gasteiger partial charge in [0.05, 0.1) is 5.60 Å². The van der Waals surface area contributed by atoms with Crippen LogP contribution in [0.3, 0.4) is 0 Å². The maximum Gasteiger partial charge on any atom is 0.126 e. The van der Waals surface area contributed by atoms with Crippen LogP contribution < -0.4 is 0 Å². The molecule has 0 spiro atoms. The molecular formula is C14H19FO. The molecule has 1 nitrogen and oxygen atoms in total. The molecule has 88 valence electrons. The number of halogens is 1. The van der Waals surface area contributed by atoms with Crippen molar-refractivity contribution < 1.29 is 9.50 Å². The van der Waals surface area contributed by atoms with Crippen LogP contribution in [0, 0.1) is 18.2 Å². The fourth-order valence-electron chi connectivity index (χ4n) is 2.69. The van der Waals surface area contributed by atoms with Crippen molar-refractivity contribution in [2.45, 2.75) is 45.6 Å². The molecule has 0 bridgehead atoms. The SMILES string of the molecule is Cc1cc(C2(O)CCC(C)(C)C2)ccc1F. The lowest BCUT2D eigenvalue weighted by Crippen LogP contribution is -2.23. The highest BCUT2D eigenvalue weighted by Crippen LogP contribution is 2.48. The molecule has 1 aromatic carbocycles. The van der Waals surface area contributed by atoms with Crippen molar-refractivity contribution in [3.05, 3.63) is 35.1 Å². The van der Waals surface area contributed by atoms with E-state index in [-0.39, 0.29) is 11.2 Å². The average Bonchev–Trinajstić information content (AvgIpc) is 2.47. The van der Waals surface area contributed by atoms with Gasteiger partial charge in [-0.2, -0.15) is 0 Å². The molecule has 1 aliphatic carbocycles. The van der Waals surface area contributed by atoms with Crippen LogP contribution in [0.15, 0.2) is 18.2 Å². The number of hydrogen-bond acceptors (Lipinski definition) is 1. The van der Waals surface area contributed by atoms with E-state index in [2.05, 4.69) is 13.8 Å². The maximum absolute atomic E-state index is 13.2. The van der Waals surface area contributed by atoms with Gasteiger partial charge in [-0.05, 0) is 48.8 Å². The fourth-order valence-corrected chi connectivity index (χ4v) is 2.69. The normalized spacial score (nSPS) is 28.3. The summed E-state index contributed by atoms with van der Waals surface area (Å²) in [5.41, 5.74) is 0.881. The third kappa shape index (κ3) is 1.99. The van der Waals surface area contributed by atoms with Crippen LogP contribution in [-0.2, 0) is 5.60 Å². The molecule has 1 aromatic rings. The first-order chi connectivity index (χ1) is 7.32. The largest absolute Gasteiger partial charge is 0.385 e. The standard InChI is InChI=1S/C14H19FO/c1-10-8-11(4-5-12(10)15)14(16)7-6-13(2,3)9-14/h4-5,8,16H,6-7,9H2,1-3H3. The first-order valence-corrected chi connectivity index (χ1v) is 5.81. The zero-order valence-corrected chi connectivity index (χ0v) is 10.2. The molecule has 1 atom stereocenters. The molecule has 1 fully saturated rings. The Morgan fingerprint density at radius 1 is 1.25 bits per heavy atom. The van der Waals surface area contributed by atoms with E-state index in [4.69, 9.17) is 0 Å². The highest BCUT2D eigenvalue weighted by molar-refractivity contribution is 5.30. The lowest BCUT2D eigenvalue weighted by Gasteiger charge is -2.26. The molecule has 2 rings (SSSR count). The van der Waals surface area contributed by atoms with Gasteiger partial charge in [0.1, 0.15) is 5.82 Å². The Labute approximate surface area is 96.3 Å². The molecule has 16 heavy (non-hydrogen) atoms. The van der Waals surface area contributed by atoms with E-state index in [0.717, 1.165) is 24.8 Å². The van der Waals surface area contributed by atoms with Crippen molar-refractivity contribution in [3.63, 3.8) is 0 Å². The quantitative estimate of drug-likeness (QED) is 0.770. The molecular weight excluding hydrogens is 203 g/mol. The molecule has 1 aliphatic rings. The van der Waals surface area contributed by atoms with Crippen LogP contribution in [0.2, 0.25) is 0 Å². The minimum absolute atomic E-state index is 0.178. The number of aliphatic hydroxyl groups is 1. The number of rotatable bonds is 1. The summed E-state index contributed by atoms with van der Waals surface area (Å²) in [5, 5.41) is 10.6. The van der Waals surface area contributed by atoms with E-state index in [1.54, 1.807) is 19.1 Å². The molecule has 1 N–H and O–H groups in total.